The molecule has 1 aliphatic rings. The van der Waals surface area contributed by atoms with E-state index in [9.17, 15) is 8.42 Å². The molecule has 0 aromatic heterocycles. The van der Waals surface area contributed by atoms with Crippen LogP contribution in [0.3, 0.4) is 0 Å². The van der Waals surface area contributed by atoms with Crippen molar-refractivity contribution in [1.82, 2.24) is 4.31 Å². The van der Waals surface area contributed by atoms with Gasteiger partial charge < -0.3 is 4.74 Å². The van der Waals surface area contributed by atoms with Crippen LogP contribution in [0.4, 0.5) is 0 Å². The number of hydrogen-bond donors (Lipinski definition) is 0. The fraction of sp³-hybridized carbons (Fsp3) is 0.500. The molecule has 0 bridgehead atoms. The van der Waals surface area contributed by atoms with Gasteiger partial charge in [0.15, 0.2) is 0 Å². The molecule has 1 saturated heterocycles. The predicted molar refractivity (Wildman–Crippen MR) is 70.6 cm³/mol. The highest BCUT2D eigenvalue weighted by Gasteiger charge is 2.27. The molecule has 1 fully saturated rings. The second-order valence-corrected chi connectivity index (χ2v) is 6.48. The van der Waals surface area contributed by atoms with E-state index in [2.05, 4.69) is 0 Å². The lowest BCUT2D eigenvalue weighted by Crippen LogP contribution is -2.27. The third-order valence-electron chi connectivity index (χ3n) is 2.91. The molecule has 0 radical (unpaired) electrons. The van der Waals surface area contributed by atoms with Crippen molar-refractivity contribution in [3.8, 4) is 5.75 Å². The van der Waals surface area contributed by atoms with Crippen molar-refractivity contribution < 1.29 is 13.2 Å². The monoisotopic (exact) mass is 289 g/mol. The van der Waals surface area contributed by atoms with Crippen LogP contribution < -0.4 is 4.74 Å². The largest absolute Gasteiger partial charge is 0.492 e. The maximum Gasteiger partial charge on any atom is 0.243 e. The fourth-order valence-corrected chi connectivity index (χ4v) is 3.84. The third kappa shape index (κ3) is 2.63. The van der Waals surface area contributed by atoms with E-state index in [1.807, 2.05) is 6.92 Å². The van der Waals surface area contributed by atoms with E-state index in [4.69, 9.17) is 16.3 Å². The van der Waals surface area contributed by atoms with Gasteiger partial charge in [-0.15, -0.1) is 0 Å². The molecule has 1 aromatic rings. The summed E-state index contributed by atoms with van der Waals surface area (Å²) >= 11 is 6.01. The Morgan fingerprint density at radius 3 is 2.56 bits per heavy atom. The summed E-state index contributed by atoms with van der Waals surface area (Å²) in [7, 11) is -3.40. The predicted octanol–water partition coefficient (Wildman–Crippen LogP) is 2.52. The summed E-state index contributed by atoms with van der Waals surface area (Å²) in [5.74, 6) is 0.513. The van der Waals surface area contributed by atoms with Gasteiger partial charge in [-0.3, -0.25) is 0 Å². The normalized spacial score (nSPS) is 17.0. The van der Waals surface area contributed by atoms with E-state index in [1.165, 1.54) is 10.4 Å². The summed E-state index contributed by atoms with van der Waals surface area (Å²) in [5, 5.41) is 0.331. The highest BCUT2D eigenvalue weighted by molar-refractivity contribution is 7.89. The molecule has 18 heavy (non-hydrogen) atoms. The van der Waals surface area contributed by atoms with Crippen molar-refractivity contribution in [3.63, 3.8) is 0 Å². The Bertz CT molecular complexity index is 524. The molecule has 0 N–H and O–H groups in total. The maximum atomic E-state index is 12.3. The Morgan fingerprint density at radius 2 is 2.00 bits per heavy atom. The number of sulfonamides is 1. The molecule has 4 nitrogen and oxygen atoms in total. The first-order valence-electron chi connectivity index (χ1n) is 5.98. The second-order valence-electron chi connectivity index (χ2n) is 4.14. The number of nitrogens with zero attached hydrogens (tertiary/aromatic N) is 1. The summed E-state index contributed by atoms with van der Waals surface area (Å²) < 4.78 is 31.4. The van der Waals surface area contributed by atoms with Crippen LogP contribution in [0.15, 0.2) is 23.1 Å². The van der Waals surface area contributed by atoms with Gasteiger partial charge in [-0.1, -0.05) is 11.6 Å². The Balaban J connectivity index is 2.30. The SMILES string of the molecule is CCOc1ccc(S(=O)(=O)N2CCCC2)cc1Cl. The van der Waals surface area contributed by atoms with Gasteiger partial charge in [0.2, 0.25) is 10.0 Å². The summed E-state index contributed by atoms with van der Waals surface area (Å²) in [6.07, 6.45) is 1.84. The minimum atomic E-state index is -3.40. The Morgan fingerprint density at radius 1 is 1.33 bits per heavy atom. The van der Waals surface area contributed by atoms with E-state index < -0.39 is 10.0 Å². The van der Waals surface area contributed by atoms with E-state index in [0.717, 1.165) is 12.8 Å². The highest BCUT2D eigenvalue weighted by atomic mass is 35.5. The molecule has 0 aliphatic carbocycles. The highest BCUT2D eigenvalue weighted by Crippen LogP contribution is 2.29. The van der Waals surface area contributed by atoms with Gasteiger partial charge in [0.05, 0.1) is 16.5 Å². The third-order valence-corrected chi connectivity index (χ3v) is 5.10. The Kier molecular flexibility index (Phi) is 4.14. The van der Waals surface area contributed by atoms with Gasteiger partial charge in [-0.2, -0.15) is 4.31 Å². The van der Waals surface area contributed by atoms with Crippen LogP contribution in [0.2, 0.25) is 5.02 Å². The standard InChI is InChI=1S/C12H16ClNO3S/c1-2-17-12-6-5-10(9-11(12)13)18(15,16)14-7-3-4-8-14/h5-6,9H,2-4,7-8H2,1H3. The Labute approximate surface area is 113 Å². The molecule has 0 amide bonds. The van der Waals surface area contributed by atoms with Crippen LogP contribution >= 0.6 is 11.6 Å². The molecule has 6 heteroatoms. The zero-order valence-electron chi connectivity index (χ0n) is 10.2. The van der Waals surface area contributed by atoms with Crippen molar-refractivity contribution in [3.05, 3.63) is 23.2 Å². The zero-order valence-corrected chi connectivity index (χ0v) is 11.8. The van der Waals surface area contributed by atoms with E-state index in [-0.39, 0.29) is 4.90 Å². The van der Waals surface area contributed by atoms with Gasteiger partial charge in [-0.05, 0) is 38.0 Å². The quantitative estimate of drug-likeness (QED) is 0.856. The second kappa shape index (κ2) is 5.47. The van der Waals surface area contributed by atoms with Crippen LogP contribution in [0, 0.1) is 0 Å². The van der Waals surface area contributed by atoms with Gasteiger partial charge >= 0.3 is 0 Å². The first-order valence-corrected chi connectivity index (χ1v) is 7.80. The number of rotatable bonds is 4. The van der Waals surface area contributed by atoms with Crippen molar-refractivity contribution in [2.75, 3.05) is 19.7 Å². The van der Waals surface area contributed by atoms with Gasteiger partial charge in [0.1, 0.15) is 5.75 Å². The number of benzene rings is 1. The minimum Gasteiger partial charge on any atom is -0.492 e. The molecule has 0 saturated carbocycles. The summed E-state index contributed by atoms with van der Waals surface area (Å²) in [6, 6.07) is 4.61. The van der Waals surface area contributed by atoms with E-state index >= 15 is 0 Å². The molecular weight excluding hydrogens is 274 g/mol. The van der Waals surface area contributed by atoms with Crippen LogP contribution in [0.5, 0.6) is 5.75 Å². The van der Waals surface area contributed by atoms with Gasteiger partial charge in [0, 0.05) is 13.1 Å². The lowest BCUT2D eigenvalue weighted by molar-refractivity contribution is 0.340. The number of halogens is 1. The van der Waals surface area contributed by atoms with Crippen LogP contribution in [-0.2, 0) is 10.0 Å². The molecule has 0 spiro atoms. The lowest BCUT2D eigenvalue weighted by atomic mass is 10.3. The molecule has 2 rings (SSSR count). The fourth-order valence-electron chi connectivity index (χ4n) is 1.99. The lowest BCUT2D eigenvalue weighted by Gasteiger charge is -2.16. The smallest absolute Gasteiger partial charge is 0.243 e. The van der Waals surface area contributed by atoms with Crippen LogP contribution in [-0.4, -0.2) is 32.4 Å². The summed E-state index contributed by atoms with van der Waals surface area (Å²) in [6.45, 7) is 3.53. The van der Waals surface area contributed by atoms with Crippen molar-refractivity contribution >= 4 is 21.6 Å². The van der Waals surface area contributed by atoms with Crippen molar-refractivity contribution in [1.29, 1.82) is 0 Å². The number of ether oxygens (including phenoxy) is 1. The maximum absolute atomic E-state index is 12.3. The zero-order chi connectivity index (χ0) is 13.2. The van der Waals surface area contributed by atoms with Crippen molar-refractivity contribution in [2.45, 2.75) is 24.7 Å². The topological polar surface area (TPSA) is 46.6 Å². The van der Waals surface area contributed by atoms with E-state index in [0.29, 0.717) is 30.5 Å². The van der Waals surface area contributed by atoms with Crippen LogP contribution in [0.1, 0.15) is 19.8 Å². The van der Waals surface area contributed by atoms with Crippen molar-refractivity contribution in [2.24, 2.45) is 0 Å². The summed E-state index contributed by atoms with van der Waals surface area (Å²) in [4.78, 5) is 0.234. The van der Waals surface area contributed by atoms with Gasteiger partial charge in [0.25, 0.3) is 0 Å². The summed E-state index contributed by atoms with van der Waals surface area (Å²) in [5.41, 5.74) is 0. The molecule has 1 aliphatic heterocycles. The molecule has 0 atom stereocenters. The van der Waals surface area contributed by atoms with E-state index in [1.54, 1.807) is 12.1 Å². The number of hydrogen-bond acceptors (Lipinski definition) is 3. The molecule has 0 unspecified atom stereocenters. The molecular formula is C12H16ClNO3S. The molecule has 1 heterocycles. The van der Waals surface area contributed by atoms with Gasteiger partial charge in [-0.25, -0.2) is 8.42 Å². The average molecular weight is 290 g/mol. The first-order chi connectivity index (χ1) is 8.55. The Hall–Kier alpha value is -0.780. The minimum absolute atomic E-state index is 0.234. The first kappa shape index (κ1) is 13.6. The average Bonchev–Trinajstić information content (AvgIpc) is 2.86. The molecule has 1 aromatic carbocycles. The van der Waals surface area contributed by atoms with Crippen LogP contribution in [0.25, 0.3) is 0 Å². The molecule has 100 valence electrons.